The Morgan fingerprint density at radius 2 is 2.00 bits per heavy atom. The van der Waals surface area contributed by atoms with Crippen LogP contribution in [0.5, 0.6) is 0 Å². The fourth-order valence-corrected chi connectivity index (χ4v) is 3.35. The summed E-state index contributed by atoms with van der Waals surface area (Å²) in [6, 6.07) is 11.8. The summed E-state index contributed by atoms with van der Waals surface area (Å²) in [6.45, 7) is 7.50. The number of pyridine rings is 1. The predicted molar refractivity (Wildman–Crippen MR) is 104 cm³/mol. The first-order chi connectivity index (χ1) is 13.1. The van der Waals surface area contributed by atoms with Gasteiger partial charge in [-0.1, -0.05) is 18.2 Å². The van der Waals surface area contributed by atoms with E-state index in [4.69, 9.17) is 0 Å². The molecule has 0 unspecified atom stereocenters. The summed E-state index contributed by atoms with van der Waals surface area (Å²) >= 11 is 0. The smallest absolute Gasteiger partial charge is 0.256 e. The highest BCUT2D eigenvalue weighted by atomic mass is 16.2. The zero-order valence-electron chi connectivity index (χ0n) is 15.7. The molecule has 3 heterocycles. The molecule has 1 aromatic carbocycles. The predicted octanol–water partition coefficient (Wildman–Crippen LogP) is 3.64. The first kappa shape index (κ1) is 17.2. The second-order valence-corrected chi connectivity index (χ2v) is 6.85. The van der Waals surface area contributed by atoms with E-state index in [1.54, 1.807) is 6.33 Å². The number of amides is 1. The van der Waals surface area contributed by atoms with Crippen molar-refractivity contribution >= 4 is 17.4 Å². The maximum Gasteiger partial charge on any atom is 0.256 e. The minimum absolute atomic E-state index is 0.0614. The second-order valence-electron chi connectivity index (χ2n) is 6.85. The van der Waals surface area contributed by atoms with E-state index in [0.717, 1.165) is 28.3 Å². The van der Waals surface area contributed by atoms with Crippen molar-refractivity contribution < 1.29 is 4.79 Å². The first-order valence-electron chi connectivity index (χ1n) is 9.13. The van der Waals surface area contributed by atoms with Gasteiger partial charge in [-0.3, -0.25) is 4.79 Å². The van der Waals surface area contributed by atoms with Gasteiger partial charge < -0.3 is 14.8 Å². The number of rotatable bonds is 5. The number of fused-ring (bicyclic) bond motifs is 1. The summed E-state index contributed by atoms with van der Waals surface area (Å²) in [5.41, 5.74) is 3.29. The van der Waals surface area contributed by atoms with E-state index in [0.29, 0.717) is 18.9 Å². The van der Waals surface area contributed by atoms with Crippen molar-refractivity contribution in [3.63, 3.8) is 0 Å². The van der Waals surface area contributed by atoms with Crippen LogP contribution >= 0.6 is 0 Å². The molecule has 0 aliphatic carbocycles. The average molecular weight is 362 g/mol. The highest BCUT2D eigenvalue weighted by molar-refractivity contribution is 6.04. The van der Waals surface area contributed by atoms with Gasteiger partial charge in [-0.05, 0) is 44.5 Å². The number of hydrogen-bond acceptors (Lipinski definition) is 5. The minimum atomic E-state index is 0.0614. The molecule has 0 saturated heterocycles. The zero-order chi connectivity index (χ0) is 19.0. The Morgan fingerprint density at radius 1 is 1.19 bits per heavy atom. The van der Waals surface area contributed by atoms with Gasteiger partial charge >= 0.3 is 0 Å². The van der Waals surface area contributed by atoms with Gasteiger partial charge in [0, 0.05) is 19.1 Å². The van der Waals surface area contributed by atoms with Crippen molar-refractivity contribution in [3.8, 4) is 11.5 Å². The molecular weight excluding hydrogens is 340 g/mol. The van der Waals surface area contributed by atoms with Crippen molar-refractivity contribution in [2.45, 2.75) is 33.4 Å². The molecule has 0 spiro atoms. The van der Waals surface area contributed by atoms with Crippen LogP contribution < -0.4 is 5.32 Å². The molecule has 27 heavy (non-hydrogen) atoms. The number of carbonyl (C=O) groups excluding carboxylic acids is 1. The normalized spacial score (nSPS) is 13.3. The summed E-state index contributed by atoms with van der Waals surface area (Å²) < 4.78 is 1.98. The number of aromatic nitrogens is 4. The molecule has 1 N–H and O–H groups in total. The Labute approximate surface area is 158 Å². The number of anilines is 2. The number of benzene rings is 1. The van der Waals surface area contributed by atoms with Gasteiger partial charge in [0.1, 0.15) is 17.8 Å². The van der Waals surface area contributed by atoms with E-state index < -0.39 is 0 Å². The van der Waals surface area contributed by atoms with Gasteiger partial charge in [0.15, 0.2) is 5.82 Å². The molecule has 0 atom stereocenters. The van der Waals surface area contributed by atoms with E-state index in [2.05, 4.69) is 34.3 Å². The maximum absolute atomic E-state index is 12.7. The quantitative estimate of drug-likeness (QED) is 0.750. The van der Waals surface area contributed by atoms with Crippen LogP contribution in [0.1, 0.15) is 42.7 Å². The highest BCUT2D eigenvalue weighted by Crippen LogP contribution is 2.31. The lowest BCUT2D eigenvalue weighted by Crippen LogP contribution is -2.23. The van der Waals surface area contributed by atoms with Crippen LogP contribution in [0, 0.1) is 0 Å². The van der Waals surface area contributed by atoms with Crippen LogP contribution in [-0.4, -0.2) is 37.1 Å². The van der Waals surface area contributed by atoms with Crippen LogP contribution in [0.3, 0.4) is 0 Å². The second kappa shape index (κ2) is 6.83. The molecular formula is C20H22N6O. The maximum atomic E-state index is 12.7. The number of hydrogen-bond donors (Lipinski definition) is 1. The first-order valence-corrected chi connectivity index (χ1v) is 9.13. The summed E-state index contributed by atoms with van der Waals surface area (Å²) in [5, 5.41) is 11.5. The Kier molecular flexibility index (Phi) is 4.35. The monoisotopic (exact) mass is 362 g/mol. The molecule has 0 radical (unpaired) electrons. The van der Waals surface area contributed by atoms with Gasteiger partial charge in [-0.15, -0.1) is 10.2 Å². The Hall–Kier alpha value is -3.22. The Balaban J connectivity index is 1.67. The molecule has 1 aliphatic rings. The topological polar surface area (TPSA) is 75.9 Å². The van der Waals surface area contributed by atoms with Crippen molar-refractivity contribution in [3.05, 3.63) is 53.9 Å². The summed E-state index contributed by atoms with van der Waals surface area (Å²) in [6.07, 6.45) is 1.71. The number of nitrogens with zero attached hydrogens (tertiary/aromatic N) is 5. The molecule has 4 rings (SSSR count). The lowest BCUT2D eigenvalue weighted by Gasteiger charge is -2.13. The molecule has 138 valence electrons. The van der Waals surface area contributed by atoms with Gasteiger partial charge in [0.05, 0.1) is 11.3 Å². The summed E-state index contributed by atoms with van der Waals surface area (Å²) in [7, 11) is 0. The number of carbonyl (C=O) groups is 1. The Morgan fingerprint density at radius 3 is 2.78 bits per heavy atom. The fourth-order valence-electron chi connectivity index (χ4n) is 3.35. The fraction of sp³-hybridized carbons (Fsp3) is 0.300. The molecule has 0 bridgehead atoms. The minimum Gasteiger partial charge on any atom is -0.340 e. The van der Waals surface area contributed by atoms with Crippen molar-refractivity contribution in [2.75, 3.05) is 11.9 Å². The molecule has 3 aromatic rings. The van der Waals surface area contributed by atoms with Crippen LogP contribution in [-0.2, 0) is 6.54 Å². The lowest BCUT2D eigenvalue weighted by molar-refractivity contribution is 0.0788. The van der Waals surface area contributed by atoms with Crippen LogP contribution in [0.4, 0.5) is 11.5 Å². The standard InChI is InChI=1S/C20H22N6O/c1-4-25-11-14-7-5-8-15(18(14)20(25)27)22-17-10-6-9-16(23-17)19-24-21-12-26(19)13(2)3/h5-10,12-13H,4,11H2,1-3H3,(H,22,23). The van der Waals surface area contributed by atoms with Gasteiger partial charge in [0.2, 0.25) is 0 Å². The summed E-state index contributed by atoms with van der Waals surface area (Å²) in [4.78, 5) is 19.2. The van der Waals surface area contributed by atoms with Crippen molar-refractivity contribution in [1.82, 2.24) is 24.6 Å². The largest absolute Gasteiger partial charge is 0.340 e. The summed E-state index contributed by atoms with van der Waals surface area (Å²) in [5.74, 6) is 1.45. The molecule has 1 aliphatic heterocycles. The van der Waals surface area contributed by atoms with E-state index in [-0.39, 0.29) is 11.9 Å². The molecule has 7 nitrogen and oxygen atoms in total. The third-order valence-electron chi connectivity index (χ3n) is 4.77. The number of nitrogens with one attached hydrogen (secondary N) is 1. The van der Waals surface area contributed by atoms with Crippen LogP contribution in [0.25, 0.3) is 11.5 Å². The molecule has 1 amide bonds. The highest BCUT2D eigenvalue weighted by Gasteiger charge is 2.28. The van der Waals surface area contributed by atoms with Gasteiger partial charge in [-0.25, -0.2) is 4.98 Å². The van der Waals surface area contributed by atoms with E-state index >= 15 is 0 Å². The van der Waals surface area contributed by atoms with Crippen molar-refractivity contribution in [1.29, 1.82) is 0 Å². The van der Waals surface area contributed by atoms with Crippen molar-refractivity contribution in [2.24, 2.45) is 0 Å². The molecule has 0 saturated carbocycles. The molecule has 0 fully saturated rings. The third kappa shape index (κ3) is 3.05. The average Bonchev–Trinajstić information content (AvgIpc) is 3.27. The van der Waals surface area contributed by atoms with Gasteiger partial charge in [-0.2, -0.15) is 0 Å². The van der Waals surface area contributed by atoms with E-state index in [9.17, 15) is 4.79 Å². The van der Waals surface area contributed by atoms with Crippen LogP contribution in [0.2, 0.25) is 0 Å². The SMILES string of the molecule is CCN1Cc2cccc(Nc3cccc(-c4nncn4C(C)C)n3)c2C1=O. The van der Waals surface area contributed by atoms with E-state index in [1.165, 1.54) is 0 Å². The van der Waals surface area contributed by atoms with Crippen LogP contribution in [0.15, 0.2) is 42.7 Å². The van der Waals surface area contributed by atoms with Gasteiger partial charge in [0.25, 0.3) is 5.91 Å². The third-order valence-corrected chi connectivity index (χ3v) is 4.77. The van der Waals surface area contributed by atoms with E-state index in [1.807, 2.05) is 52.8 Å². The molecule has 2 aromatic heterocycles. The zero-order valence-corrected chi connectivity index (χ0v) is 15.7. The lowest BCUT2D eigenvalue weighted by atomic mass is 10.1. The Bertz CT molecular complexity index is 994. The molecule has 7 heteroatoms.